The summed E-state index contributed by atoms with van der Waals surface area (Å²) in [5.41, 5.74) is 5.47. The van der Waals surface area contributed by atoms with Gasteiger partial charge in [-0.15, -0.1) is 0 Å². The summed E-state index contributed by atoms with van der Waals surface area (Å²) in [6.45, 7) is 0.405. The number of alkyl halides is 3. The van der Waals surface area contributed by atoms with Gasteiger partial charge in [0.25, 0.3) is 0 Å². The van der Waals surface area contributed by atoms with Crippen LogP contribution in [-0.2, 0) is 16.3 Å². The molecular formula is C13H16F3NO. The van der Waals surface area contributed by atoms with E-state index in [0.29, 0.717) is 25.0 Å². The molecule has 0 spiro atoms. The number of nitrogens with two attached hydrogens (primary N) is 1. The Bertz CT molecular complexity index is 419. The fourth-order valence-electron chi connectivity index (χ4n) is 2.68. The Kier molecular flexibility index (Phi) is 3.38. The highest BCUT2D eigenvalue weighted by Crippen LogP contribution is 2.44. The summed E-state index contributed by atoms with van der Waals surface area (Å²) in [4.78, 5) is 0. The van der Waals surface area contributed by atoms with Crippen molar-refractivity contribution >= 4 is 0 Å². The van der Waals surface area contributed by atoms with Crippen LogP contribution in [0.2, 0.25) is 0 Å². The van der Waals surface area contributed by atoms with E-state index in [4.69, 9.17) is 10.5 Å². The maximum atomic E-state index is 12.7. The molecule has 0 aromatic heterocycles. The van der Waals surface area contributed by atoms with E-state index in [0.717, 1.165) is 6.07 Å². The van der Waals surface area contributed by atoms with Crippen LogP contribution in [0.3, 0.4) is 0 Å². The summed E-state index contributed by atoms with van der Waals surface area (Å²) in [5.74, 6) is 0. The van der Waals surface area contributed by atoms with Crippen LogP contribution in [0.25, 0.3) is 0 Å². The highest BCUT2D eigenvalue weighted by Gasteiger charge is 2.44. The number of ether oxygens (including phenoxy) is 1. The number of hydrogen-bond acceptors (Lipinski definition) is 2. The smallest absolute Gasteiger partial charge is 0.384 e. The minimum absolute atomic E-state index is 0.0506. The molecule has 0 unspecified atom stereocenters. The number of methoxy groups -OCH3 is 1. The Labute approximate surface area is 104 Å². The van der Waals surface area contributed by atoms with Crippen molar-refractivity contribution < 1.29 is 17.9 Å². The molecule has 1 aliphatic rings. The molecule has 0 bridgehead atoms. The van der Waals surface area contributed by atoms with Crippen molar-refractivity contribution in [2.45, 2.75) is 30.5 Å². The summed E-state index contributed by atoms with van der Waals surface area (Å²) >= 11 is 0. The van der Waals surface area contributed by atoms with E-state index in [1.54, 1.807) is 13.2 Å². The first-order valence-electron chi connectivity index (χ1n) is 5.80. The molecule has 5 heteroatoms. The zero-order valence-electron chi connectivity index (χ0n) is 10.1. The molecule has 100 valence electrons. The van der Waals surface area contributed by atoms with Crippen molar-refractivity contribution in [2.24, 2.45) is 5.73 Å². The molecule has 18 heavy (non-hydrogen) atoms. The number of benzene rings is 1. The van der Waals surface area contributed by atoms with Gasteiger partial charge in [-0.3, -0.25) is 0 Å². The van der Waals surface area contributed by atoms with Crippen molar-refractivity contribution in [1.29, 1.82) is 0 Å². The Balaban J connectivity index is 2.32. The summed E-state index contributed by atoms with van der Waals surface area (Å²) in [6, 6.07) is 5.52. The van der Waals surface area contributed by atoms with Gasteiger partial charge in [0.2, 0.25) is 0 Å². The van der Waals surface area contributed by atoms with Crippen LogP contribution < -0.4 is 5.73 Å². The second-order valence-electron chi connectivity index (χ2n) is 4.96. The molecule has 2 rings (SSSR count). The van der Waals surface area contributed by atoms with Gasteiger partial charge in [-0.25, -0.2) is 0 Å². The van der Waals surface area contributed by atoms with Gasteiger partial charge in [-0.1, -0.05) is 18.2 Å². The van der Waals surface area contributed by atoms with Gasteiger partial charge in [-0.2, -0.15) is 13.2 Å². The molecule has 2 nitrogen and oxygen atoms in total. The first-order valence-corrected chi connectivity index (χ1v) is 5.80. The molecule has 2 N–H and O–H groups in total. The Morgan fingerprint density at radius 3 is 2.56 bits per heavy atom. The van der Waals surface area contributed by atoms with Crippen molar-refractivity contribution in [3.05, 3.63) is 35.4 Å². The standard InChI is InChI=1S/C13H16F3NO/c1-18-8-12(6-11(17)7-12)9-3-2-4-10(5-9)13(14,15)16/h2-5,11H,6-8,17H2,1H3. The van der Waals surface area contributed by atoms with Crippen LogP contribution in [0.4, 0.5) is 13.2 Å². The minimum Gasteiger partial charge on any atom is -0.384 e. The molecule has 0 atom stereocenters. The number of rotatable bonds is 3. The number of halogens is 3. The van der Waals surface area contributed by atoms with Crippen molar-refractivity contribution in [3.63, 3.8) is 0 Å². The van der Waals surface area contributed by atoms with Crippen LogP contribution in [-0.4, -0.2) is 19.8 Å². The Morgan fingerprint density at radius 2 is 2.06 bits per heavy atom. The maximum Gasteiger partial charge on any atom is 0.416 e. The second kappa shape index (κ2) is 4.55. The predicted octanol–water partition coefficient (Wildman–Crippen LogP) is 2.71. The third kappa shape index (κ3) is 2.37. The lowest BCUT2D eigenvalue weighted by molar-refractivity contribution is -0.137. The minimum atomic E-state index is -4.31. The van der Waals surface area contributed by atoms with Gasteiger partial charge in [0.05, 0.1) is 12.2 Å². The average Bonchev–Trinajstić information content (AvgIpc) is 2.26. The lowest BCUT2D eigenvalue weighted by Gasteiger charge is -2.46. The molecule has 1 aromatic rings. The SMILES string of the molecule is COCC1(c2cccc(C(F)(F)F)c2)CC(N)C1. The maximum absolute atomic E-state index is 12.7. The van der Waals surface area contributed by atoms with Gasteiger partial charge in [0, 0.05) is 18.6 Å². The molecule has 1 saturated carbocycles. The summed E-state index contributed by atoms with van der Waals surface area (Å²) < 4.78 is 43.2. The van der Waals surface area contributed by atoms with Gasteiger partial charge in [-0.05, 0) is 24.5 Å². The van der Waals surface area contributed by atoms with Gasteiger partial charge in [0.15, 0.2) is 0 Å². The van der Waals surface area contributed by atoms with E-state index in [1.165, 1.54) is 12.1 Å². The third-order valence-electron chi connectivity index (χ3n) is 3.53. The van der Waals surface area contributed by atoms with E-state index < -0.39 is 11.7 Å². The van der Waals surface area contributed by atoms with Crippen LogP contribution in [0.5, 0.6) is 0 Å². The summed E-state index contributed by atoms with van der Waals surface area (Å²) in [7, 11) is 1.55. The third-order valence-corrected chi connectivity index (χ3v) is 3.53. The van der Waals surface area contributed by atoms with Crippen molar-refractivity contribution in [3.8, 4) is 0 Å². The van der Waals surface area contributed by atoms with Gasteiger partial charge in [0.1, 0.15) is 0 Å². The van der Waals surface area contributed by atoms with Gasteiger partial charge < -0.3 is 10.5 Å². The topological polar surface area (TPSA) is 35.2 Å². The quantitative estimate of drug-likeness (QED) is 0.905. The first-order chi connectivity index (χ1) is 8.37. The van der Waals surface area contributed by atoms with Crippen molar-refractivity contribution in [1.82, 2.24) is 0 Å². The Morgan fingerprint density at radius 1 is 1.39 bits per heavy atom. The molecule has 0 heterocycles. The largest absolute Gasteiger partial charge is 0.416 e. The van der Waals surface area contributed by atoms with E-state index in [1.807, 2.05) is 0 Å². The zero-order valence-corrected chi connectivity index (χ0v) is 10.1. The van der Waals surface area contributed by atoms with Crippen LogP contribution in [0, 0.1) is 0 Å². The molecule has 0 saturated heterocycles. The normalized spacial score (nSPS) is 27.9. The molecule has 1 fully saturated rings. The molecular weight excluding hydrogens is 243 g/mol. The van der Waals surface area contributed by atoms with E-state index in [2.05, 4.69) is 0 Å². The molecule has 0 radical (unpaired) electrons. The highest BCUT2D eigenvalue weighted by atomic mass is 19.4. The van der Waals surface area contributed by atoms with E-state index in [-0.39, 0.29) is 11.5 Å². The average molecular weight is 259 g/mol. The fraction of sp³-hybridized carbons (Fsp3) is 0.538. The monoisotopic (exact) mass is 259 g/mol. The molecule has 0 aliphatic heterocycles. The summed E-state index contributed by atoms with van der Waals surface area (Å²) in [6.07, 6.45) is -2.97. The molecule has 1 aromatic carbocycles. The van der Waals surface area contributed by atoms with Crippen LogP contribution >= 0.6 is 0 Å². The summed E-state index contributed by atoms with van der Waals surface area (Å²) in [5, 5.41) is 0. The Hall–Kier alpha value is -1.07. The van der Waals surface area contributed by atoms with Crippen LogP contribution in [0.15, 0.2) is 24.3 Å². The fourth-order valence-corrected chi connectivity index (χ4v) is 2.68. The van der Waals surface area contributed by atoms with Gasteiger partial charge >= 0.3 is 6.18 Å². The zero-order chi connectivity index (χ0) is 13.4. The lowest BCUT2D eigenvalue weighted by Crippen LogP contribution is -2.51. The van der Waals surface area contributed by atoms with E-state index in [9.17, 15) is 13.2 Å². The molecule has 0 amide bonds. The van der Waals surface area contributed by atoms with Crippen LogP contribution in [0.1, 0.15) is 24.0 Å². The lowest BCUT2D eigenvalue weighted by atomic mass is 9.62. The second-order valence-corrected chi connectivity index (χ2v) is 4.96. The van der Waals surface area contributed by atoms with E-state index >= 15 is 0 Å². The van der Waals surface area contributed by atoms with Crippen molar-refractivity contribution in [2.75, 3.05) is 13.7 Å². The highest BCUT2D eigenvalue weighted by molar-refractivity contribution is 5.34. The predicted molar refractivity (Wildman–Crippen MR) is 62.2 cm³/mol. The molecule has 1 aliphatic carbocycles. The first kappa shape index (κ1) is 13.4. The number of hydrogen-bond donors (Lipinski definition) is 1.